The highest BCUT2D eigenvalue weighted by atomic mass is 16.1. The van der Waals surface area contributed by atoms with E-state index in [0.29, 0.717) is 0 Å². The molecule has 0 aromatic heterocycles. The van der Waals surface area contributed by atoms with Crippen LogP contribution >= 0.6 is 0 Å². The lowest BCUT2D eigenvalue weighted by Gasteiger charge is -2.22. The Labute approximate surface area is 128 Å². The van der Waals surface area contributed by atoms with Crippen LogP contribution in [0.25, 0.3) is 0 Å². The first kappa shape index (κ1) is 15.5. The standard InChI is InChI=1S/C20H24O/c1-13-11-15(3)17(12-14(13)2)19(21)16-9-7-8-10-18(16)20(4,5)6/h7-12H,1-6H3. The Hall–Kier alpha value is -1.89. The van der Waals surface area contributed by atoms with Crippen LogP contribution < -0.4 is 0 Å². The van der Waals surface area contributed by atoms with Crippen LogP contribution in [0.5, 0.6) is 0 Å². The van der Waals surface area contributed by atoms with Crippen LogP contribution in [0.1, 0.15) is 58.9 Å². The van der Waals surface area contributed by atoms with Crippen molar-refractivity contribution in [2.24, 2.45) is 0 Å². The van der Waals surface area contributed by atoms with E-state index >= 15 is 0 Å². The smallest absolute Gasteiger partial charge is 0.193 e. The quantitative estimate of drug-likeness (QED) is 0.696. The molecule has 0 saturated heterocycles. The first-order chi connectivity index (χ1) is 9.71. The molecule has 21 heavy (non-hydrogen) atoms. The SMILES string of the molecule is Cc1cc(C)c(C(=O)c2ccccc2C(C)(C)C)cc1C. The molecule has 2 aromatic carbocycles. The summed E-state index contributed by atoms with van der Waals surface area (Å²) in [5.74, 6) is 0.126. The van der Waals surface area contributed by atoms with Crippen LogP contribution in [-0.4, -0.2) is 5.78 Å². The topological polar surface area (TPSA) is 17.1 Å². The van der Waals surface area contributed by atoms with E-state index in [2.05, 4.69) is 46.8 Å². The second kappa shape index (κ2) is 5.48. The van der Waals surface area contributed by atoms with E-state index < -0.39 is 0 Å². The second-order valence-corrected chi connectivity index (χ2v) is 6.88. The third kappa shape index (κ3) is 3.07. The van der Waals surface area contributed by atoms with E-state index in [4.69, 9.17) is 0 Å². The molecule has 0 fully saturated rings. The number of benzene rings is 2. The van der Waals surface area contributed by atoms with Crippen molar-refractivity contribution in [3.05, 3.63) is 69.8 Å². The zero-order valence-corrected chi connectivity index (χ0v) is 13.9. The Morgan fingerprint density at radius 3 is 2.00 bits per heavy atom. The maximum Gasteiger partial charge on any atom is 0.193 e. The Bertz CT molecular complexity index is 687. The van der Waals surface area contributed by atoms with Crippen LogP contribution in [0.2, 0.25) is 0 Å². The molecule has 0 atom stereocenters. The van der Waals surface area contributed by atoms with Crippen LogP contribution in [-0.2, 0) is 5.41 Å². The van der Waals surface area contributed by atoms with Crippen molar-refractivity contribution in [2.45, 2.75) is 47.0 Å². The molecule has 0 radical (unpaired) electrons. The molecular formula is C20H24O. The molecule has 110 valence electrons. The first-order valence-electron chi connectivity index (χ1n) is 7.44. The fraction of sp³-hybridized carbons (Fsp3) is 0.350. The predicted octanol–water partition coefficient (Wildman–Crippen LogP) is 5.14. The fourth-order valence-corrected chi connectivity index (χ4v) is 2.69. The highest BCUT2D eigenvalue weighted by Crippen LogP contribution is 2.28. The Morgan fingerprint density at radius 2 is 1.38 bits per heavy atom. The minimum Gasteiger partial charge on any atom is -0.289 e. The van der Waals surface area contributed by atoms with Gasteiger partial charge in [-0.15, -0.1) is 0 Å². The van der Waals surface area contributed by atoms with E-state index in [-0.39, 0.29) is 11.2 Å². The van der Waals surface area contributed by atoms with Crippen molar-refractivity contribution in [2.75, 3.05) is 0 Å². The van der Waals surface area contributed by atoms with Crippen molar-refractivity contribution in [3.8, 4) is 0 Å². The first-order valence-corrected chi connectivity index (χ1v) is 7.44. The molecule has 0 heterocycles. The second-order valence-electron chi connectivity index (χ2n) is 6.88. The Morgan fingerprint density at radius 1 is 0.810 bits per heavy atom. The zero-order chi connectivity index (χ0) is 15.8. The average molecular weight is 280 g/mol. The maximum absolute atomic E-state index is 13.0. The van der Waals surface area contributed by atoms with Gasteiger partial charge in [0.25, 0.3) is 0 Å². The highest BCUT2D eigenvalue weighted by molar-refractivity contribution is 6.11. The molecular weight excluding hydrogens is 256 g/mol. The summed E-state index contributed by atoms with van der Waals surface area (Å²) in [7, 11) is 0. The number of rotatable bonds is 2. The van der Waals surface area contributed by atoms with Gasteiger partial charge < -0.3 is 0 Å². The number of hydrogen-bond acceptors (Lipinski definition) is 1. The van der Waals surface area contributed by atoms with Crippen LogP contribution in [0.15, 0.2) is 36.4 Å². The Balaban J connectivity index is 2.59. The number of carbonyl (C=O) groups excluding carboxylic acids is 1. The highest BCUT2D eigenvalue weighted by Gasteiger charge is 2.22. The molecule has 2 rings (SSSR count). The lowest BCUT2D eigenvalue weighted by Crippen LogP contribution is -2.18. The van der Waals surface area contributed by atoms with Crippen LogP contribution in [0, 0.1) is 20.8 Å². The summed E-state index contributed by atoms with van der Waals surface area (Å²) in [6, 6.07) is 12.1. The van der Waals surface area contributed by atoms with Crippen LogP contribution in [0.4, 0.5) is 0 Å². The predicted molar refractivity (Wildman–Crippen MR) is 89.2 cm³/mol. The van der Waals surface area contributed by atoms with Gasteiger partial charge in [-0.25, -0.2) is 0 Å². The normalized spacial score (nSPS) is 11.5. The van der Waals surface area contributed by atoms with Gasteiger partial charge in [0.1, 0.15) is 0 Å². The molecule has 0 spiro atoms. The minimum absolute atomic E-state index is 0.0418. The molecule has 0 saturated carbocycles. The Kier molecular flexibility index (Phi) is 4.04. The van der Waals surface area contributed by atoms with Crippen molar-refractivity contribution in [3.63, 3.8) is 0 Å². The van der Waals surface area contributed by atoms with E-state index in [1.807, 2.05) is 31.2 Å². The molecule has 0 unspecified atom stereocenters. The molecule has 0 amide bonds. The van der Waals surface area contributed by atoms with Crippen molar-refractivity contribution >= 4 is 5.78 Å². The summed E-state index contributed by atoms with van der Waals surface area (Å²) in [5.41, 5.74) is 6.14. The van der Waals surface area contributed by atoms with Crippen molar-refractivity contribution < 1.29 is 4.79 Å². The maximum atomic E-state index is 13.0. The van der Waals surface area contributed by atoms with Gasteiger partial charge in [-0.3, -0.25) is 4.79 Å². The van der Waals surface area contributed by atoms with E-state index in [9.17, 15) is 4.79 Å². The van der Waals surface area contributed by atoms with Crippen molar-refractivity contribution in [1.29, 1.82) is 0 Å². The van der Waals surface area contributed by atoms with E-state index in [1.54, 1.807) is 0 Å². The van der Waals surface area contributed by atoms with Gasteiger partial charge in [0.05, 0.1) is 0 Å². The van der Waals surface area contributed by atoms with Gasteiger partial charge in [0, 0.05) is 11.1 Å². The van der Waals surface area contributed by atoms with Gasteiger partial charge >= 0.3 is 0 Å². The third-order valence-corrected chi connectivity index (χ3v) is 4.07. The number of carbonyl (C=O) groups is 1. The lowest BCUT2D eigenvalue weighted by atomic mass is 9.81. The van der Waals surface area contributed by atoms with E-state index in [0.717, 1.165) is 27.8 Å². The fourth-order valence-electron chi connectivity index (χ4n) is 2.69. The van der Waals surface area contributed by atoms with Gasteiger partial charge in [-0.1, -0.05) is 51.1 Å². The van der Waals surface area contributed by atoms with Crippen LogP contribution in [0.3, 0.4) is 0 Å². The minimum atomic E-state index is -0.0418. The molecule has 0 aliphatic heterocycles. The average Bonchev–Trinajstić information content (AvgIpc) is 2.41. The van der Waals surface area contributed by atoms with Gasteiger partial charge in [-0.2, -0.15) is 0 Å². The molecule has 1 nitrogen and oxygen atoms in total. The zero-order valence-electron chi connectivity index (χ0n) is 13.9. The number of hydrogen-bond donors (Lipinski definition) is 0. The van der Waals surface area contributed by atoms with E-state index in [1.165, 1.54) is 5.56 Å². The largest absolute Gasteiger partial charge is 0.289 e. The summed E-state index contributed by atoms with van der Waals surface area (Å²) in [5, 5.41) is 0. The monoisotopic (exact) mass is 280 g/mol. The number of aryl methyl sites for hydroxylation is 3. The summed E-state index contributed by atoms with van der Waals surface area (Å²) in [6.07, 6.45) is 0. The molecule has 0 bridgehead atoms. The van der Waals surface area contributed by atoms with Gasteiger partial charge in [0.15, 0.2) is 5.78 Å². The lowest BCUT2D eigenvalue weighted by molar-refractivity contribution is 0.103. The molecule has 0 aliphatic rings. The summed E-state index contributed by atoms with van der Waals surface area (Å²) in [4.78, 5) is 13.0. The molecule has 2 aromatic rings. The summed E-state index contributed by atoms with van der Waals surface area (Å²) in [6.45, 7) is 12.6. The summed E-state index contributed by atoms with van der Waals surface area (Å²) < 4.78 is 0. The molecule has 0 N–H and O–H groups in total. The molecule has 1 heteroatoms. The van der Waals surface area contributed by atoms with Gasteiger partial charge in [0.2, 0.25) is 0 Å². The summed E-state index contributed by atoms with van der Waals surface area (Å²) >= 11 is 0. The van der Waals surface area contributed by atoms with Gasteiger partial charge in [-0.05, 0) is 54.5 Å². The number of ketones is 1. The molecule has 0 aliphatic carbocycles. The third-order valence-electron chi connectivity index (χ3n) is 4.07. The van der Waals surface area contributed by atoms with Crippen molar-refractivity contribution in [1.82, 2.24) is 0 Å².